The van der Waals surface area contributed by atoms with Crippen LogP contribution in [0.25, 0.3) is 0 Å². The Hall–Kier alpha value is 0.270. The summed E-state index contributed by atoms with van der Waals surface area (Å²) in [5.41, 5.74) is 0. The highest BCUT2D eigenvalue weighted by Gasteiger charge is 2.09. The van der Waals surface area contributed by atoms with Gasteiger partial charge in [0.25, 0.3) is 0 Å². The molecule has 1 aliphatic heterocycles. The SMILES string of the molecule is CCCCCSN1CCOCC1. The third-order valence-corrected chi connectivity index (χ3v) is 3.19. The highest BCUT2D eigenvalue weighted by Crippen LogP contribution is 2.14. The summed E-state index contributed by atoms with van der Waals surface area (Å²) in [6.07, 6.45) is 4.06. The second-order valence-electron chi connectivity index (χ2n) is 3.08. The monoisotopic (exact) mass is 189 g/mol. The summed E-state index contributed by atoms with van der Waals surface area (Å²) in [6.45, 7) is 6.30. The first-order valence-corrected chi connectivity index (χ1v) is 5.83. The van der Waals surface area contributed by atoms with Crippen molar-refractivity contribution in [3.05, 3.63) is 0 Å². The summed E-state index contributed by atoms with van der Waals surface area (Å²) in [6, 6.07) is 0. The Morgan fingerprint density at radius 3 is 2.67 bits per heavy atom. The van der Waals surface area contributed by atoms with E-state index in [1.807, 2.05) is 11.9 Å². The first-order valence-electron chi connectivity index (χ1n) is 4.89. The molecule has 1 saturated heterocycles. The average molecular weight is 189 g/mol. The van der Waals surface area contributed by atoms with Crippen LogP contribution >= 0.6 is 11.9 Å². The zero-order valence-corrected chi connectivity index (χ0v) is 8.74. The molecule has 72 valence electrons. The molecule has 1 fully saturated rings. The molecule has 0 aromatic carbocycles. The molecule has 0 aromatic heterocycles. The topological polar surface area (TPSA) is 12.5 Å². The Morgan fingerprint density at radius 1 is 1.25 bits per heavy atom. The van der Waals surface area contributed by atoms with Crippen LogP contribution in [-0.2, 0) is 4.74 Å². The molecule has 0 bridgehead atoms. The molecule has 1 aliphatic rings. The molecule has 0 aliphatic carbocycles. The molecule has 1 heterocycles. The molecule has 2 nitrogen and oxygen atoms in total. The summed E-state index contributed by atoms with van der Waals surface area (Å²) in [4.78, 5) is 0. The number of ether oxygens (including phenoxy) is 1. The lowest BCUT2D eigenvalue weighted by molar-refractivity contribution is 0.0773. The van der Waals surface area contributed by atoms with Gasteiger partial charge in [-0.1, -0.05) is 31.7 Å². The maximum atomic E-state index is 5.27. The van der Waals surface area contributed by atoms with Gasteiger partial charge in [-0.3, -0.25) is 0 Å². The Morgan fingerprint density at radius 2 is 2.00 bits per heavy atom. The summed E-state index contributed by atoms with van der Waals surface area (Å²) in [7, 11) is 0. The molecule has 3 heteroatoms. The Bertz CT molecular complexity index is 105. The molecule has 0 aromatic rings. The third kappa shape index (κ3) is 4.33. The van der Waals surface area contributed by atoms with Gasteiger partial charge in [-0.05, 0) is 6.42 Å². The van der Waals surface area contributed by atoms with Crippen molar-refractivity contribution in [3.8, 4) is 0 Å². The lowest BCUT2D eigenvalue weighted by atomic mass is 10.3. The average Bonchev–Trinajstić information content (AvgIpc) is 2.14. The van der Waals surface area contributed by atoms with E-state index in [0.717, 1.165) is 26.3 Å². The largest absolute Gasteiger partial charge is 0.379 e. The molecule has 12 heavy (non-hydrogen) atoms. The molecular formula is C9H19NOS. The Balaban J connectivity index is 1.91. The van der Waals surface area contributed by atoms with Crippen LogP contribution in [0.3, 0.4) is 0 Å². The number of hydrogen-bond donors (Lipinski definition) is 0. The minimum atomic E-state index is 0.917. The summed E-state index contributed by atoms with van der Waals surface area (Å²) in [5.74, 6) is 1.29. The van der Waals surface area contributed by atoms with E-state index in [1.54, 1.807) is 0 Å². The molecular weight excluding hydrogens is 170 g/mol. The van der Waals surface area contributed by atoms with Crippen LogP contribution in [0.2, 0.25) is 0 Å². The van der Waals surface area contributed by atoms with Crippen LogP contribution in [0.1, 0.15) is 26.2 Å². The molecule has 0 unspecified atom stereocenters. The lowest BCUT2D eigenvalue weighted by Crippen LogP contribution is -2.31. The van der Waals surface area contributed by atoms with Gasteiger partial charge in [0.15, 0.2) is 0 Å². The summed E-state index contributed by atoms with van der Waals surface area (Å²) < 4.78 is 7.70. The minimum absolute atomic E-state index is 0.917. The smallest absolute Gasteiger partial charge is 0.0603 e. The fourth-order valence-corrected chi connectivity index (χ4v) is 2.22. The number of rotatable bonds is 5. The van der Waals surface area contributed by atoms with Crippen molar-refractivity contribution < 1.29 is 4.74 Å². The maximum absolute atomic E-state index is 5.27. The van der Waals surface area contributed by atoms with E-state index in [2.05, 4.69) is 11.2 Å². The number of hydrogen-bond acceptors (Lipinski definition) is 3. The van der Waals surface area contributed by atoms with E-state index in [4.69, 9.17) is 4.74 Å². The zero-order chi connectivity index (χ0) is 8.65. The zero-order valence-electron chi connectivity index (χ0n) is 7.92. The van der Waals surface area contributed by atoms with E-state index < -0.39 is 0 Å². The van der Waals surface area contributed by atoms with E-state index >= 15 is 0 Å². The Labute approximate surface area is 79.8 Å². The fraction of sp³-hybridized carbons (Fsp3) is 1.00. The summed E-state index contributed by atoms with van der Waals surface area (Å²) in [5, 5.41) is 0. The predicted octanol–water partition coefficient (Wildman–Crippen LogP) is 2.16. The minimum Gasteiger partial charge on any atom is -0.379 e. The van der Waals surface area contributed by atoms with Gasteiger partial charge in [0, 0.05) is 18.8 Å². The van der Waals surface area contributed by atoms with Crippen molar-refractivity contribution in [2.45, 2.75) is 26.2 Å². The highest BCUT2D eigenvalue weighted by atomic mass is 32.2. The molecule has 0 saturated carbocycles. The van der Waals surface area contributed by atoms with Crippen molar-refractivity contribution in [2.75, 3.05) is 32.1 Å². The van der Waals surface area contributed by atoms with Crippen molar-refractivity contribution >= 4 is 11.9 Å². The van der Waals surface area contributed by atoms with Gasteiger partial charge >= 0.3 is 0 Å². The van der Waals surface area contributed by atoms with Crippen molar-refractivity contribution in [1.29, 1.82) is 0 Å². The molecule has 0 amide bonds. The highest BCUT2D eigenvalue weighted by molar-refractivity contribution is 7.97. The predicted molar refractivity (Wildman–Crippen MR) is 54.4 cm³/mol. The van der Waals surface area contributed by atoms with Gasteiger partial charge in [0.2, 0.25) is 0 Å². The van der Waals surface area contributed by atoms with E-state index in [0.29, 0.717) is 0 Å². The second-order valence-corrected chi connectivity index (χ2v) is 4.26. The first-order chi connectivity index (χ1) is 5.93. The van der Waals surface area contributed by atoms with Gasteiger partial charge in [0.05, 0.1) is 13.2 Å². The molecule has 0 radical (unpaired) electrons. The quantitative estimate of drug-likeness (QED) is 0.486. The van der Waals surface area contributed by atoms with E-state index in [-0.39, 0.29) is 0 Å². The third-order valence-electron chi connectivity index (χ3n) is 1.99. The van der Waals surface area contributed by atoms with Crippen LogP contribution < -0.4 is 0 Å². The van der Waals surface area contributed by atoms with Gasteiger partial charge < -0.3 is 4.74 Å². The second kappa shape index (κ2) is 6.75. The molecule has 0 spiro atoms. The lowest BCUT2D eigenvalue weighted by Gasteiger charge is -2.25. The van der Waals surface area contributed by atoms with Crippen LogP contribution in [0.5, 0.6) is 0 Å². The van der Waals surface area contributed by atoms with Crippen molar-refractivity contribution in [3.63, 3.8) is 0 Å². The van der Waals surface area contributed by atoms with Crippen molar-refractivity contribution in [1.82, 2.24) is 4.31 Å². The van der Waals surface area contributed by atoms with Crippen LogP contribution in [-0.4, -0.2) is 36.4 Å². The number of nitrogens with zero attached hydrogens (tertiary/aromatic N) is 1. The van der Waals surface area contributed by atoms with Gasteiger partial charge in [0.1, 0.15) is 0 Å². The first kappa shape index (κ1) is 10.4. The number of morpholine rings is 1. The van der Waals surface area contributed by atoms with Crippen LogP contribution in [0.4, 0.5) is 0 Å². The molecule has 0 atom stereocenters. The number of unbranched alkanes of at least 4 members (excludes halogenated alkanes) is 2. The van der Waals surface area contributed by atoms with Gasteiger partial charge in [-0.2, -0.15) is 0 Å². The standard InChI is InChI=1S/C9H19NOS/c1-2-3-4-9-12-10-5-7-11-8-6-10/h2-9H2,1H3. The van der Waals surface area contributed by atoms with Crippen LogP contribution in [0, 0.1) is 0 Å². The Kier molecular flexibility index (Phi) is 5.82. The fourth-order valence-electron chi connectivity index (χ4n) is 1.22. The van der Waals surface area contributed by atoms with E-state index in [9.17, 15) is 0 Å². The van der Waals surface area contributed by atoms with E-state index in [1.165, 1.54) is 25.0 Å². The molecule has 0 N–H and O–H groups in total. The van der Waals surface area contributed by atoms with Crippen LogP contribution in [0.15, 0.2) is 0 Å². The normalized spacial score (nSPS) is 19.8. The summed E-state index contributed by atoms with van der Waals surface area (Å²) >= 11 is 1.99. The van der Waals surface area contributed by atoms with Gasteiger partial charge in [-0.25, -0.2) is 4.31 Å². The molecule has 1 rings (SSSR count). The maximum Gasteiger partial charge on any atom is 0.0603 e. The van der Waals surface area contributed by atoms with Gasteiger partial charge in [-0.15, -0.1) is 0 Å². The van der Waals surface area contributed by atoms with Crippen molar-refractivity contribution in [2.24, 2.45) is 0 Å².